The van der Waals surface area contributed by atoms with Gasteiger partial charge in [0.25, 0.3) is 11.8 Å². The fraction of sp³-hybridized carbons (Fsp3) is 0.587. The average Bonchev–Trinajstić information content (AvgIpc) is 3.87. The second-order valence-corrected chi connectivity index (χ2v) is 17.5. The lowest BCUT2D eigenvalue weighted by atomic mass is 10.0. The third-order valence-corrected chi connectivity index (χ3v) is 11.5. The molecule has 8 amide bonds. The monoisotopic (exact) mass is 1040 g/mol. The van der Waals surface area contributed by atoms with Gasteiger partial charge < -0.3 is 92.9 Å². The first-order chi connectivity index (χ1) is 35.2. The van der Waals surface area contributed by atoms with E-state index in [9.17, 15) is 53.4 Å². The van der Waals surface area contributed by atoms with Crippen molar-refractivity contribution in [3.63, 3.8) is 0 Å². The van der Waals surface area contributed by atoms with Crippen molar-refractivity contribution in [1.29, 1.82) is 0 Å². The molecule has 1 fully saturated rings. The highest BCUT2D eigenvalue weighted by atomic mass is 16.4. The number of amides is 8. The van der Waals surface area contributed by atoms with Crippen molar-refractivity contribution < 1.29 is 53.4 Å². The molecule has 1 aliphatic heterocycles. The van der Waals surface area contributed by atoms with E-state index in [1.807, 2.05) is 0 Å². The minimum atomic E-state index is -1.57. The zero-order valence-electron chi connectivity index (χ0n) is 41.9. The number of likely N-dealkylation sites (tertiary alicyclic amines) is 1. The highest BCUT2D eigenvalue weighted by Gasteiger charge is 2.38. The van der Waals surface area contributed by atoms with Crippen molar-refractivity contribution >= 4 is 70.6 Å². The lowest BCUT2D eigenvalue weighted by molar-refractivity contribution is -0.137. The number of aliphatic carboxylic acids is 1. The van der Waals surface area contributed by atoms with Gasteiger partial charge in [-0.05, 0) is 108 Å². The maximum absolute atomic E-state index is 14.2. The molecule has 1 heterocycles. The van der Waals surface area contributed by atoms with Crippen molar-refractivity contribution in [2.24, 2.45) is 50.1 Å². The van der Waals surface area contributed by atoms with Crippen molar-refractivity contribution in [2.45, 2.75) is 126 Å². The smallest absolute Gasteiger partial charge is 0.352 e. The number of nitrogens with two attached hydrogens (primary N) is 8. The minimum Gasteiger partial charge on any atom is -0.477 e. The Hall–Kier alpha value is -7.11. The van der Waals surface area contributed by atoms with Gasteiger partial charge in [-0.1, -0.05) is 24.6 Å². The second-order valence-electron chi connectivity index (χ2n) is 17.5. The number of guanidine groups is 1. The molecule has 7 atom stereocenters. The highest BCUT2D eigenvalue weighted by molar-refractivity contribution is 6.40. The van der Waals surface area contributed by atoms with Crippen LogP contribution in [0, 0.1) is 0 Å². The van der Waals surface area contributed by atoms with Gasteiger partial charge in [-0.2, -0.15) is 0 Å². The van der Waals surface area contributed by atoms with Crippen LogP contribution in [0.2, 0.25) is 0 Å². The molecule has 0 radical (unpaired) electrons. The van der Waals surface area contributed by atoms with Crippen molar-refractivity contribution in [3.8, 4) is 0 Å². The van der Waals surface area contributed by atoms with Gasteiger partial charge >= 0.3 is 5.97 Å². The third-order valence-electron chi connectivity index (χ3n) is 11.5. The molecule has 2 rings (SSSR count). The molecule has 1 aromatic carbocycles. The largest absolute Gasteiger partial charge is 0.477 e. The van der Waals surface area contributed by atoms with Crippen LogP contribution >= 0.6 is 0 Å². The lowest BCUT2D eigenvalue weighted by Gasteiger charge is -2.28. The summed E-state index contributed by atoms with van der Waals surface area (Å²) in [6.07, 6.45) is 2.51. The predicted octanol–water partition coefficient (Wildman–Crippen LogP) is -5.76. The Balaban J connectivity index is 2.30. The molecule has 24 N–H and O–H groups in total. The number of nitrogen functional groups attached to an aromatic ring is 1. The number of benzene rings is 1. The van der Waals surface area contributed by atoms with Crippen LogP contribution in [0.15, 0.2) is 46.0 Å². The van der Waals surface area contributed by atoms with E-state index in [-0.39, 0.29) is 82.8 Å². The number of carboxylic acids is 1. The van der Waals surface area contributed by atoms with Crippen LogP contribution in [-0.2, 0) is 49.6 Å². The van der Waals surface area contributed by atoms with E-state index in [1.54, 1.807) is 24.3 Å². The topological polar surface area (TPSA) is 502 Å². The summed E-state index contributed by atoms with van der Waals surface area (Å²) in [5.74, 6) is -8.39. The van der Waals surface area contributed by atoms with E-state index in [0.717, 1.165) is 0 Å². The molecule has 0 bridgehead atoms. The van der Waals surface area contributed by atoms with Crippen LogP contribution in [0.1, 0.15) is 83.1 Å². The van der Waals surface area contributed by atoms with Crippen LogP contribution in [0.3, 0.4) is 0 Å². The fourth-order valence-electron chi connectivity index (χ4n) is 7.39. The van der Waals surface area contributed by atoms with Gasteiger partial charge in [0.1, 0.15) is 41.6 Å². The van der Waals surface area contributed by atoms with Crippen LogP contribution in [-0.4, -0.2) is 168 Å². The first-order valence-electron chi connectivity index (χ1n) is 24.5. The Morgan fingerprint density at radius 3 is 2.05 bits per heavy atom. The lowest BCUT2D eigenvalue weighted by Crippen LogP contribution is -2.60. The maximum Gasteiger partial charge on any atom is 0.352 e. The molecule has 1 saturated heterocycles. The molecule has 28 nitrogen and oxygen atoms in total. The van der Waals surface area contributed by atoms with Crippen LogP contribution in [0.4, 0.5) is 5.69 Å². The Bertz CT molecular complexity index is 2150. The van der Waals surface area contributed by atoms with E-state index in [1.165, 1.54) is 17.9 Å². The molecule has 0 aromatic heterocycles. The molecule has 412 valence electrons. The van der Waals surface area contributed by atoms with Gasteiger partial charge in [-0.25, -0.2) is 9.79 Å². The fourth-order valence-corrected chi connectivity index (χ4v) is 7.39. The number of aliphatic imine (C=N–C) groups is 2. The highest BCUT2D eigenvalue weighted by Crippen LogP contribution is 2.20. The van der Waals surface area contributed by atoms with Crippen LogP contribution < -0.4 is 77.8 Å². The molecule has 1 aliphatic rings. The third kappa shape index (κ3) is 22.3. The summed E-state index contributed by atoms with van der Waals surface area (Å²) in [4.78, 5) is 129. The van der Waals surface area contributed by atoms with E-state index >= 15 is 0 Å². The standard InChI is InChI=1S/C46H77N17O11/c1-26(57-43(71)37(35(64)24-50)62-39(67)29(52)9-2-4-18-47)38(66)56-25-36(65)58-31(11-6-20-49)44(72)63-22-8-13-34(63)42(70)61-33(23-27-14-16-28(51)17-15-27)41(69)59-30(10-3-5-19-48)40(68)60-32(45(73)74)12-7-21-55-46(53)54/h12,14-17,26,29-30,33-35,37,64H,2-11,13,18-25,47-52H2,1H3,(H,56,66)(H,57,71)(H,59,69)(H,60,68)(H,61,70)(H,62,67)(H,73,74)(H4,53,54,55)/b32-12-,58-31?/t26-,29-,30-,33-,34-,35-,37-/m0/s1. The number of aliphatic hydroxyl groups is 1. The Labute approximate surface area is 429 Å². The van der Waals surface area contributed by atoms with E-state index in [4.69, 9.17) is 45.9 Å². The van der Waals surface area contributed by atoms with Gasteiger partial charge in [0.2, 0.25) is 35.4 Å². The van der Waals surface area contributed by atoms with E-state index in [2.05, 4.69) is 41.9 Å². The zero-order valence-corrected chi connectivity index (χ0v) is 41.9. The van der Waals surface area contributed by atoms with Gasteiger partial charge in [-0.15, -0.1) is 0 Å². The summed E-state index contributed by atoms with van der Waals surface area (Å²) >= 11 is 0. The molecule has 0 aliphatic carbocycles. The molecule has 1 aromatic rings. The minimum absolute atomic E-state index is 0.0370. The Morgan fingerprint density at radius 2 is 1.45 bits per heavy atom. The number of carbonyl (C=O) groups is 9. The van der Waals surface area contributed by atoms with Crippen molar-refractivity contribution in [2.75, 3.05) is 51.5 Å². The van der Waals surface area contributed by atoms with E-state index in [0.29, 0.717) is 49.9 Å². The SMILES string of the molecule is C[C@H](NC(=O)[C@@H](NC(=O)[C@@H](N)CCCCN)[C@@H](O)CN)C(=O)NCC(=O)N=C(CCCN)C(=O)N1CCC[C@H]1C(=O)N[C@@H](Cc1ccc(N)cc1)C(=O)N[C@@H](CCCCN)C(=O)N/C(=C\CCN=C(N)N)C(=O)O. The number of nitrogens with one attached hydrogen (secondary N) is 6. The zero-order chi connectivity index (χ0) is 55.3. The first-order valence-corrected chi connectivity index (χ1v) is 24.5. The average molecular weight is 1040 g/mol. The molecular weight excluding hydrogens is 967 g/mol. The van der Waals surface area contributed by atoms with Gasteiger partial charge in [0, 0.05) is 31.7 Å². The van der Waals surface area contributed by atoms with Crippen LogP contribution in [0.5, 0.6) is 0 Å². The number of hydrogen-bond acceptors (Lipinski definition) is 17. The quantitative estimate of drug-likeness (QED) is 0.0103. The number of unbranched alkanes of at least 4 members (excludes halogenated alkanes) is 2. The molecule has 0 unspecified atom stereocenters. The van der Waals surface area contributed by atoms with Gasteiger partial charge in [0.15, 0.2) is 5.96 Å². The molecule has 0 saturated carbocycles. The molecule has 0 spiro atoms. The number of aliphatic hydroxyl groups excluding tert-OH is 1. The van der Waals surface area contributed by atoms with Crippen LogP contribution in [0.25, 0.3) is 0 Å². The van der Waals surface area contributed by atoms with E-state index < -0.39 is 114 Å². The summed E-state index contributed by atoms with van der Waals surface area (Å²) in [5.41, 5.74) is 45.2. The molecular formula is C46H77N17O11. The molecule has 28 heteroatoms. The van der Waals surface area contributed by atoms with Crippen molar-refractivity contribution in [1.82, 2.24) is 36.8 Å². The number of hydrogen-bond donors (Lipinski definition) is 16. The van der Waals surface area contributed by atoms with Gasteiger partial charge in [-0.3, -0.25) is 43.3 Å². The number of anilines is 1. The predicted molar refractivity (Wildman–Crippen MR) is 274 cm³/mol. The second kappa shape index (κ2) is 33.6. The Morgan fingerprint density at radius 1 is 0.797 bits per heavy atom. The maximum atomic E-state index is 14.2. The van der Waals surface area contributed by atoms with Crippen molar-refractivity contribution in [3.05, 3.63) is 41.6 Å². The summed E-state index contributed by atoms with van der Waals surface area (Å²) in [5, 5.41) is 34.9. The van der Waals surface area contributed by atoms with Gasteiger partial charge in [0.05, 0.1) is 18.7 Å². The number of nitrogens with zero attached hydrogens (tertiary/aromatic N) is 3. The Kier molecular flexibility index (Phi) is 28.6. The number of carbonyl (C=O) groups excluding carboxylic acids is 8. The molecule has 74 heavy (non-hydrogen) atoms. The number of rotatable bonds is 33. The summed E-state index contributed by atoms with van der Waals surface area (Å²) in [6.45, 7) is 0.983. The number of carboxylic acid groups (broad SMARTS) is 1. The summed E-state index contributed by atoms with van der Waals surface area (Å²) in [7, 11) is 0. The summed E-state index contributed by atoms with van der Waals surface area (Å²) < 4.78 is 0. The summed E-state index contributed by atoms with van der Waals surface area (Å²) in [6, 6.07) is -1.24. The normalized spacial score (nSPS) is 16.0. The first kappa shape index (κ1) is 63.0.